The molecule has 3 heterocycles. The summed E-state index contributed by atoms with van der Waals surface area (Å²) in [7, 11) is 0. The molecule has 2 aromatic heterocycles. The van der Waals surface area contributed by atoms with E-state index in [-0.39, 0.29) is 11.8 Å². The number of aromatic nitrogens is 4. The summed E-state index contributed by atoms with van der Waals surface area (Å²) in [5.41, 5.74) is 0.751. The fourth-order valence-electron chi connectivity index (χ4n) is 4.30. The van der Waals surface area contributed by atoms with E-state index >= 15 is 0 Å². The van der Waals surface area contributed by atoms with Gasteiger partial charge in [0.15, 0.2) is 5.65 Å². The van der Waals surface area contributed by atoms with Gasteiger partial charge in [0.05, 0.1) is 0 Å². The lowest BCUT2D eigenvalue weighted by atomic mass is 9.95. The van der Waals surface area contributed by atoms with E-state index in [0.29, 0.717) is 0 Å². The zero-order chi connectivity index (χ0) is 17.8. The topological polar surface area (TPSA) is 75.4 Å². The van der Waals surface area contributed by atoms with Crippen molar-refractivity contribution in [3.63, 3.8) is 0 Å². The number of anilines is 1. The van der Waals surface area contributed by atoms with E-state index in [1.807, 2.05) is 12.1 Å². The molecule has 140 valence electrons. The highest BCUT2D eigenvalue weighted by molar-refractivity contribution is 5.78. The first-order valence-corrected chi connectivity index (χ1v) is 9.99. The number of nitrogens with zero attached hydrogens (tertiary/aromatic N) is 5. The predicted molar refractivity (Wildman–Crippen MR) is 99.9 cm³/mol. The molecule has 1 saturated carbocycles. The monoisotopic (exact) mass is 356 g/mol. The van der Waals surface area contributed by atoms with Gasteiger partial charge in [-0.2, -0.15) is 4.52 Å². The molecule has 7 nitrogen and oxygen atoms in total. The van der Waals surface area contributed by atoms with Crippen LogP contribution in [0.4, 0.5) is 5.82 Å². The van der Waals surface area contributed by atoms with Crippen molar-refractivity contribution in [1.82, 2.24) is 25.1 Å². The van der Waals surface area contributed by atoms with E-state index in [9.17, 15) is 4.79 Å². The molecule has 26 heavy (non-hydrogen) atoms. The Hall–Kier alpha value is -2.18. The maximum absolute atomic E-state index is 12.4. The van der Waals surface area contributed by atoms with Crippen molar-refractivity contribution < 1.29 is 4.79 Å². The molecule has 7 heteroatoms. The van der Waals surface area contributed by atoms with Crippen LogP contribution in [0, 0.1) is 11.8 Å². The van der Waals surface area contributed by atoms with E-state index in [0.717, 1.165) is 56.3 Å². The van der Waals surface area contributed by atoms with Gasteiger partial charge in [-0.25, -0.2) is 0 Å². The Morgan fingerprint density at radius 2 is 1.96 bits per heavy atom. The van der Waals surface area contributed by atoms with Gasteiger partial charge in [0.2, 0.25) is 5.91 Å². The minimum absolute atomic E-state index is 0.136. The molecule has 4 rings (SSSR count). The zero-order valence-corrected chi connectivity index (χ0v) is 15.3. The maximum atomic E-state index is 12.4. The van der Waals surface area contributed by atoms with Gasteiger partial charge in [-0.05, 0) is 43.7 Å². The zero-order valence-electron chi connectivity index (χ0n) is 15.3. The van der Waals surface area contributed by atoms with Crippen molar-refractivity contribution in [1.29, 1.82) is 0 Å². The van der Waals surface area contributed by atoms with Gasteiger partial charge >= 0.3 is 0 Å². The molecule has 1 aliphatic carbocycles. The highest BCUT2D eigenvalue weighted by Gasteiger charge is 2.25. The van der Waals surface area contributed by atoms with Crippen molar-refractivity contribution in [2.75, 3.05) is 24.5 Å². The molecule has 0 bridgehead atoms. The lowest BCUT2D eigenvalue weighted by molar-refractivity contribution is -0.125. The summed E-state index contributed by atoms with van der Waals surface area (Å²) < 4.78 is 1.69. The van der Waals surface area contributed by atoms with Gasteiger partial charge in [-0.3, -0.25) is 4.79 Å². The standard InChI is InChI=1S/C19H28N6O/c26-19(20-11-3-6-15-4-1-2-5-15)16-9-12-24(13-10-16)18-8-7-17-22-21-14-25(17)23-18/h7-8,14-16H,1-6,9-13H2,(H,20,26). The average molecular weight is 356 g/mol. The Labute approximate surface area is 154 Å². The van der Waals surface area contributed by atoms with Crippen LogP contribution in [-0.2, 0) is 4.79 Å². The van der Waals surface area contributed by atoms with E-state index in [2.05, 4.69) is 25.5 Å². The summed E-state index contributed by atoms with van der Waals surface area (Å²) in [5.74, 6) is 2.20. The Morgan fingerprint density at radius 1 is 1.15 bits per heavy atom. The second kappa shape index (κ2) is 8.01. The summed E-state index contributed by atoms with van der Waals surface area (Å²) in [6.45, 7) is 2.56. The van der Waals surface area contributed by atoms with Gasteiger partial charge in [0, 0.05) is 25.6 Å². The molecule has 0 radical (unpaired) electrons. The first-order valence-electron chi connectivity index (χ1n) is 9.99. The Morgan fingerprint density at radius 3 is 2.77 bits per heavy atom. The Balaban J connectivity index is 1.20. The predicted octanol–water partition coefficient (Wildman–Crippen LogP) is 2.43. The fourth-order valence-corrected chi connectivity index (χ4v) is 4.30. The molecule has 0 unspecified atom stereocenters. The van der Waals surface area contributed by atoms with Gasteiger partial charge in [-0.1, -0.05) is 25.7 Å². The second-order valence-electron chi connectivity index (χ2n) is 7.67. The third kappa shape index (κ3) is 3.97. The largest absolute Gasteiger partial charge is 0.356 e. The number of rotatable bonds is 6. The van der Waals surface area contributed by atoms with Gasteiger partial charge in [0.1, 0.15) is 12.1 Å². The summed E-state index contributed by atoms with van der Waals surface area (Å²) in [6.07, 6.45) is 11.4. The van der Waals surface area contributed by atoms with E-state index in [4.69, 9.17) is 0 Å². The van der Waals surface area contributed by atoms with E-state index in [1.54, 1.807) is 10.8 Å². The highest BCUT2D eigenvalue weighted by atomic mass is 16.1. The lowest BCUT2D eigenvalue weighted by Gasteiger charge is -2.32. The van der Waals surface area contributed by atoms with E-state index < -0.39 is 0 Å². The highest BCUT2D eigenvalue weighted by Crippen LogP contribution is 2.28. The first-order chi connectivity index (χ1) is 12.8. The van der Waals surface area contributed by atoms with Crippen molar-refractivity contribution in [3.8, 4) is 0 Å². The average Bonchev–Trinajstić information content (AvgIpc) is 3.36. The minimum atomic E-state index is 0.136. The Bertz CT molecular complexity index is 730. The van der Waals surface area contributed by atoms with Gasteiger partial charge < -0.3 is 10.2 Å². The van der Waals surface area contributed by atoms with Crippen molar-refractivity contribution in [2.45, 2.75) is 51.4 Å². The number of amides is 1. The minimum Gasteiger partial charge on any atom is -0.356 e. The van der Waals surface area contributed by atoms with Crippen LogP contribution in [0.15, 0.2) is 18.5 Å². The van der Waals surface area contributed by atoms with Crippen LogP contribution in [0.25, 0.3) is 5.65 Å². The molecule has 1 saturated heterocycles. The number of hydrogen-bond acceptors (Lipinski definition) is 5. The quantitative estimate of drug-likeness (QED) is 0.805. The molecule has 0 aromatic carbocycles. The number of nitrogens with one attached hydrogen (secondary N) is 1. The maximum Gasteiger partial charge on any atom is 0.223 e. The van der Waals surface area contributed by atoms with Crippen LogP contribution in [0.5, 0.6) is 0 Å². The Kier molecular flexibility index (Phi) is 5.32. The molecule has 0 spiro atoms. The fraction of sp³-hybridized carbons (Fsp3) is 0.684. The lowest BCUT2D eigenvalue weighted by Crippen LogP contribution is -2.41. The van der Waals surface area contributed by atoms with Crippen molar-refractivity contribution in [2.24, 2.45) is 11.8 Å². The molecule has 2 aromatic rings. The molecular weight excluding hydrogens is 328 g/mol. The summed E-state index contributed by atoms with van der Waals surface area (Å²) >= 11 is 0. The third-order valence-electron chi connectivity index (χ3n) is 5.90. The van der Waals surface area contributed by atoms with Crippen LogP contribution in [0.1, 0.15) is 51.4 Å². The first kappa shape index (κ1) is 17.2. The number of carbonyl (C=O) groups excluding carboxylic acids is 1. The summed E-state index contributed by atoms with van der Waals surface area (Å²) in [4.78, 5) is 14.7. The molecule has 2 aliphatic rings. The van der Waals surface area contributed by atoms with E-state index in [1.165, 1.54) is 32.1 Å². The van der Waals surface area contributed by atoms with Gasteiger partial charge in [-0.15, -0.1) is 15.3 Å². The van der Waals surface area contributed by atoms with Crippen LogP contribution in [-0.4, -0.2) is 45.4 Å². The third-order valence-corrected chi connectivity index (χ3v) is 5.90. The number of fused-ring (bicyclic) bond motifs is 1. The van der Waals surface area contributed by atoms with Gasteiger partial charge in [0.25, 0.3) is 0 Å². The molecule has 1 N–H and O–H groups in total. The summed E-state index contributed by atoms with van der Waals surface area (Å²) in [6, 6.07) is 3.91. The van der Waals surface area contributed by atoms with Crippen LogP contribution in [0.2, 0.25) is 0 Å². The van der Waals surface area contributed by atoms with Crippen molar-refractivity contribution >= 4 is 17.4 Å². The molecule has 0 atom stereocenters. The normalized spacial score (nSPS) is 19.3. The molecule has 1 aliphatic heterocycles. The van der Waals surface area contributed by atoms with Crippen molar-refractivity contribution in [3.05, 3.63) is 18.5 Å². The van der Waals surface area contributed by atoms with Crippen LogP contribution in [0.3, 0.4) is 0 Å². The molecule has 1 amide bonds. The molecule has 2 fully saturated rings. The van der Waals surface area contributed by atoms with Crippen LogP contribution >= 0.6 is 0 Å². The number of carbonyl (C=O) groups is 1. The SMILES string of the molecule is O=C(NCCCC1CCCC1)C1CCN(c2ccc3nncn3n2)CC1. The van der Waals surface area contributed by atoms with Crippen LogP contribution < -0.4 is 10.2 Å². The molecular formula is C19H28N6O. The number of piperidine rings is 1. The second-order valence-corrected chi connectivity index (χ2v) is 7.67. The number of hydrogen-bond donors (Lipinski definition) is 1. The summed E-state index contributed by atoms with van der Waals surface area (Å²) in [5, 5.41) is 15.5. The smallest absolute Gasteiger partial charge is 0.223 e.